The number of hydrogen-bond donors (Lipinski definition) is 0. The van der Waals surface area contributed by atoms with Crippen LogP contribution in [0.25, 0.3) is 10.8 Å². The van der Waals surface area contributed by atoms with Crippen molar-refractivity contribution in [1.29, 1.82) is 0 Å². The highest BCUT2D eigenvalue weighted by Gasteiger charge is 2.34. The molecular weight excluding hydrogens is 412 g/mol. The van der Waals surface area contributed by atoms with Crippen LogP contribution >= 0.6 is 0 Å². The lowest BCUT2D eigenvalue weighted by molar-refractivity contribution is 0.0649. The molecule has 0 unspecified atom stereocenters. The summed E-state index contributed by atoms with van der Waals surface area (Å²) in [7, 11) is 1.76. The number of nitrogens with zero attached hydrogens (tertiary/aromatic N) is 2. The van der Waals surface area contributed by atoms with E-state index < -0.39 is 0 Å². The molecule has 2 amide bonds. The van der Waals surface area contributed by atoms with Crippen molar-refractivity contribution in [3.8, 4) is 5.75 Å². The zero-order valence-corrected chi connectivity index (χ0v) is 19.1. The lowest BCUT2D eigenvalue weighted by atomic mass is 9.85. The first-order valence-corrected chi connectivity index (χ1v) is 11.9. The van der Waals surface area contributed by atoms with Crippen LogP contribution in [0.2, 0.25) is 0 Å². The van der Waals surface area contributed by atoms with E-state index in [0.29, 0.717) is 23.6 Å². The van der Waals surface area contributed by atoms with Crippen LogP contribution in [-0.2, 0) is 0 Å². The molecular formula is C28H30N2O3. The number of methoxy groups -OCH3 is 1. The molecule has 1 saturated heterocycles. The van der Waals surface area contributed by atoms with Gasteiger partial charge in [-0.1, -0.05) is 42.5 Å². The maximum atomic E-state index is 12.5. The molecule has 0 N–H and O–H groups in total. The molecule has 5 rings (SSSR count). The standard InChI is InChI=1S/C28H30N2O3/c1-33-25-13-12-20-8-2-3-9-22(20)26(25)21-14-18-29(19-15-21)16-6-7-17-30-27(31)23-10-4-5-11-24(23)28(30)32/h2-5,8-13,21H,6-7,14-19H2,1H3. The SMILES string of the molecule is COc1ccc2ccccc2c1C1CCN(CCCCN2C(=O)c3ccccc3C2=O)CC1. The van der Waals surface area contributed by atoms with Crippen molar-refractivity contribution in [1.82, 2.24) is 9.80 Å². The van der Waals surface area contributed by atoms with Crippen LogP contribution in [0.4, 0.5) is 0 Å². The van der Waals surface area contributed by atoms with E-state index >= 15 is 0 Å². The average Bonchev–Trinajstić information content (AvgIpc) is 3.11. The Kier molecular flexibility index (Phi) is 6.14. The number of carbonyl (C=O) groups excluding carboxylic acids is 2. The highest BCUT2D eigenvalue weighted by molar-refractivity contribution is 6.21. The molecule has 170 valence electrons. The van der Waals surface area contributed by atoms with Crippen molar-refractivity contribution in [3.63, 3.8) is 0 Å². The van der Waals surface area contributed by atoms with Gasteiger partial charge in [0, 0.05) is 12.1 Å². The van der Waals surface area contributed by atoms with Crippen LogP contribution in [-0.4, -0.2) is 54.9 Å². The predicted molar refractivity (Wildman–Crippen MR) is 130 cm³/mol. The number of rotatable bonds is 7. The van der Waals surface area contributed by atoms with E-state index in [4.69, 9.17) is 4.74 Å². The third-order valence-electron chi connectivity index (χ3n) is 7.13. The van der Waals surface area contributed by atoms with Crippen molar-refractivity contribution >= 4 is 22.6 Å². The molecule has 0 atom stereocenters. The Hall–Kier alpha value is -3.18. The van der Waals surface area contributed by atoms with Gasteiger partial charge in [0.2, 0.25) is 0 Å². The number of carbonyl (C=O) groups is 2. The van der Waals surface area contributed by atoms with E-state index in [1.807, 2.05) is 12.1 Å². The highest BCUT2D eigenvalue weighted by Crippen LogP contribution is 2.39. The zero-order valence-electron chi connectivity index (χ0n) is 19.1. The average molecular weight is 443 g/mol. The Morgan fingerprint density at radius 1 is 0.818 bits per heavy atom. The van der Waals surface area contributed by atoms with Crippen molar-refractivity contribution in [2.75, 3.05) is 33.3 Å². The van der Waals surface area contributed by atoms with Crippen LogP contribution in [0.1, 0.15) is 57.9 Å². The van der Waals surface area contributed by atoms with Gasteiger partial charge in [-0.25, -0.2) is 0 Å². The van der Waals surface area contributed by atoms with Gasteiger partial charge < -0.3 is 9.64 Å². The minimum absolute atomic E-state index is 0.152. The van der Waals surface area contributed by atoms with Gasteiger partial charge >= 0.3 is 0 Å². The first-order valence-electron chi connectivity index (χ1n) is 11.9. The van der Waals surface area contributed by atoms with Gasteiger partial charge in [0.25, 0.3) is 11.8 Å². The van der Waals surface area contributed by atoms with Gasteiger partial charge in [-0.05, 0) is 80.2 Å². The molecule has 3 aromatic carbocycles. The van der Waals surface area contributed by atoms with E-state index in [1.54, 1.807) is 19.2 Å². The molecule has 1 fully saturated rings. The van der Waals surface area contributed by atoms with Crippen molar-refractivity contribution in [2.24, 2.45) is 0 Å². The summed E-state index contributed by atoms with van der Waals surface area (Å²) in [5.41, 5.74) is 2.42. The van der Waals surface area contributed by atoms with Crippen molar-refractivity contribution in [3.05, 3.63) is 77.4 Å². The molecule has 0 radical (unpaired) electrons. The number of imide groups is 1. The molecule has 0 aromatic heterocycles. The second kappa shape index (κ2) is 9.36. The van der Waals surface area contributed by atoms with Gasteiger partial charge in [-0.3, -0.25) is 14.5 Å². The largest absolute Gasteiger partial charge is 0.496 e. The smallest absolute Gasteiger partial charge is 0.261 e. The van der Waals surface area contributed by atoms with Crippen LogP contribution < -0.4 is 4.74 Å². The maximum Gasteiger partial charge on any atom is 0.261 e. The summed E-state index contributed by atoms with van der Waals surface area (Å²) in [4.78, 5) is 28.9. The first-order chi connectivity index (χ1) is 16.2. The summed E-state index contributed by atoms with van der Waals surface area (Å²) in [6.45, 7) is 3.62. The Balaban J connectivity index is 1.13. The topological polar surface area (TPSA) is 49.9 Å². The van der Waals surface area contributed by atoms with Gasteiger partial charge in [0.1, 0.15) is 5.75 Å². The van der Waals surface area contributed by atoms with E-state index in [2.05, 4.69) is 41.3 Å². The summed E-state index contributed by atoms with van der Waals surface area (Å²) in [5.74, 6) is 1.19. The monoisotopic (exact) mass is 442 g/mol. The number of likely N-dealkylation sites (tertiary alicyclic amines) is 1. The fourth-order valence-electron chi connectivity index (χ4n) is 5.37. The molecule has 2 aliphatic heterocycles. The minimum atomic E-state index is -0.152. The quantitative estimate of drug-likeness (QED) is 0.377. The van der Waals surface area contributed by atoms with E-state index in [1.165, 1.54) is 21.2 Å². The number of hydrogen-bond acceptors (Lipinski definition) is 4. The predicted octanol–water partition coefficient (Wildman–Crippen LogP) is 5.10. The number of benzene rings is 3. The molecule has 0 aliphatic carbocycles. The molecule has 2 heterocycles. The molecule has 2 aliphatic rings. The van der Waals surface area contributed by atoms with Crippen LogP contribution in [0, 0.1) is 0 Å². The Bertz CT molecular complexity index is 1150. The van der Waals surface area contributed by atoms with Crippen molar-refractivity contribution < 1.29 is 14.3 Å². The van der Waals surface area contributed by atoms with E-state index in [0.717, 1.165) is 51.1 Å². The summed E-state index contributed by atoms with van der Waals surface area (Å²) in [5, 5.41) is 2.57. The zero-order chi connectivity index (χ0) is 22.8. The summed E-state index contributed by atoms with van der Waals surface area (Å²) in [6, 6.07) is 19.9. The number of ether oxygens (including phenoxy) is 1. The van der Waals surface area contributed by atoms with Gasteiger partial charge in [-0.2, -0.15) is 0 Å². The third-order valence-corrected chi connectivity index (χ3v) is 7.13. The molecule has 3 aromatic rings. The highest BCUT2D eigenvalue weighted by atomic mass is 16.5. The minimum Gasteiger partial charge on any atom is -0.496 e. The third kappa shape index (κ3) is 4.13. The number of unbranched alkanes of at least 4 members (excludes halogenated alkanes) is 1. The Morgan fingerprint density at radius 3 is 2.15 bits per heavy atom. The summed E-state index contributed by atoms with van der Waals surface area (Å²) >= 11 is 0. The Morgan fingerprint density at radius 2 is 1.45 bits per heavy atom. The van der Waals surface area contributed by atoms with E-state index in [-0.39, 0.29) is 11.8 Å². The summed E-state index contributed by atoms with van der Waals surface area (Å²) < 4.78 is 5.73. The van der Waals surface area contributed by atoms with Gasteiger partial charge in [-0.15, -0.1) is 0 Å². The second-order valence-corrected chi connectivity index (χ2v) is 9.03. The molecule has 33 heavy (non-hydrogen) atoms. The lowest BCUT2D eigenvalue weighted by Gasteiger charge is -2.33. The van der Waals surface area contributed by atoms with Gasteiger partial charge in [0.05, 0.1) is 18.2 Å². The molecule has 0 spiro atoms. The summed E-state index contributed by atoms with van der Waals surface area (Å²) in [6.07, 6.45) is 4.05. The molecule has 0 bridgehead atoms. The number of fused-ring (bicyclic) bond motifs is 2. The van der Waals surface area contributed by atoms with Crippen LogP contribution in [0.5, 0.6) is 5.75 Å². The molecule has 5 heteroatoms. The maximum absolute atomic E-state index is 12.5. The fraction of sp³-hybridized carbons (Fsp3) is 0.357. The molecule has 5 nitrogen and oxygen atoms in total. The van der Waals surface area contributed by atoms with Crippen LogP contribution in [0.15, 0.2) is 60.7 Å². The molecule has 0 saturated carbocycles. The normalized spacial score (nSPS) is 17.1. The second-order valence-electron chi connectivity index (χ2n) is 9.03. The first kappa shape index (κ1) is 21.7. The number of amides is 2. The Labute approximate surface area is 194 Å². The van der Waals surface area contributed by atoms with Crippen molar-refractivity contribution in [2.45, 2.75) is 31.6 Å². The lowest BCUT2D eigenvalue weighted by Crippen LogP contribution is -2.35. The fourth-order valence-corrected chi connectivity index (χ4v) is 5.37. The van der Waals surface area contributed by atoms with Crippen LogP contribution in [0.3, 0.4) is 0 Å². The van der Waals surface area contributed by atoms with E-state index in [9.17, 15) is 9.59 Å². The number of piperidine rings is 1. The van der Waals surface area contributed by atoms with Gasteiger partial charge in [0.15, 0.2) is 0 Å².